The molecule has 0 aromatic heterocycles. The molecule has 20 heavy (non-hydrogen) atoms. The smallest absolute Gasteiger partial charge is 0.119 e. The Hall–Kier alpha value is -1.95. The number of rotatable bonds is 4. The zero-order chi connectivity index (χ0) is 14.5. The van der Waals surface area contributed by atoms with Crippen LogP contribution in [-0.2, 0) is 0 Å². The van der Waals surface area contributed by atoms with Gasteiger partial charge in [-0.05, 0) is 55.9 Å². The number of hydrogen-bond donors (Lipinski definition) is 1. The fourth-order valence-electron chi connectivity index (χ4n) is 2.97. The van der Waals surface area contributed by atoms with Crippen LogP contribution in [0.15, 0.2) is 35.9 Å². The number of nitriles is 1. The molecule has 2 rings (SSSR count). The van der Waals surface area contributed by atoms with Crippen LogP contribution in [0.2, 0.25) is 0 Å². The monoisotopic (exact) mass is 270 g/mol. The van der Waals surface area contributed by atoms with Gasteiger partial charge in [-0.2, -0.15) is 5.26 Å². The Morgan fingerprint density at radius 3 is 2.60 bits per heavy atom. The van der Waals surface area contributed by atoms with Crippen molar-refractivity contribution in [2.45, 2.75) is 32.7 Å². The van der Waals surface area contributed by atoms with Crippen molar-refractivity contribution in [3.8, 4) is 11.8 Å². The van der Waals surface area contributed by atoms with Crippen LogP contribution >= 0.6 is 0 Å². The molecule has 0 saturated carbocycles. The molecule has 0 bridgehead atoms. The highest BCUT2D eigenvalue weighted by molar-refractivity contribution is 5.48. The standard InChI is InChI=1S/C17H22N2O/c1-12-8-13(2)10-14(9-12)17(11-18)19-15-4-6-16(20-3)7-5-15/h4-8,12,14,17,19H,9-10H2,1-3H3. The third-order valence-corrected chi connectivity index (χ3v) is 3.85. The van der Waals surface area contributed by atoms with Gasteiger partial charge in [0.25, 0.3) is 0 Å². The molecular formula is C17H22N2O. The van der Waals surface area contributed by atoms with E-state index < -0.39 is 0 Å². The normalized spacial score (nSPS) is 23.4. The number of nitrogens with one attached hydrogen (secondary N) is 1. The first-order valence-electron chi connectivity index (χ1n) is 7.10. The van der Waals surface area contributed by atoms with Gasteiger partial charge in [0.2, 0.25) is 0 Å². The van der Waals surface area contributed by atoms with Crippen LogP contribution in [0, 0.1) is 23.2 Å². The summed E-state index contributed by atoms with van der Waals surface area (Å²) in [7, 11) is 1.65. The topological polar surface area (TPSA) is 45.0 Å². The number of ether oxygens (including phenoxy) is 1. The second-order valence-corrected chi connectivity index (χ2v) is 5.67. The average Bonchev–Trinajstić information content (AvgIpc) is 2.44. The highest BCUT2D eigenvalue weighted by Crippen LogP contribution is 2.31. The lowest BCUT2D eigenvalue weighted by atomic mass is 9.80. The van der Waals surface area contributed by atoms with Crippen molar-refractivity contribution < 1.29 is 4.74 Å². The molecule has 3 atom stereocenters. The fraction of sp³-hybridized carbons (Fsp3) is 0.471. The lowest BCUT2D eigenvalue weighted by molar-refractivity contribution is 0.388. The zero-order valence-corrected chi connectivity index (χ0v) is 12.4. The average molecular weight is 270 g/mol. The summed E-state index contributed by atoms with van der Waals surface area (Å²) in [5, 5.41) is 12.8. The van der Waals surface area contributed by atoms with E-state index in [1.165, 1.54) is 5.57 Å². The highest BCUT2D eigenvalue weighted by atomic mass is 16.5. The summed E-state index contributed by atoms with van der Waals surface area (Å²) in [4.78, 5) is 0. The Kier molecular flexibility index (Phi) is 4.68. The third kappa shape index (κ3) is 3.54. The van der Waals surface area contributed by atoms with Crippen LogP contribution in [0.25, 0.3) is 0 Å². The molecule has 0 amide bonds. The lowest BCUT2D eigenvalue weighted by Crippen LogP contribution is -2.30. The SMILES string of the molecule is COc1ccc(NC(C#N)C2CC(C)=CC(C)C2)cc1. The second-order valence-electron chi connectivity index (χ2n) is 5.67. The molecule has 1 aliphatic carbocycles. The maximum absolute atomic E-state index is 9.46. The van der Waals surface area contributed by atoms with Gasteiger partial charge in [0.1, 0.15) is 11.8 Å². The minimum Gasteiger partial charge on any atom is -0.497 e. The van der Waals surface area contributed by atoms with Gasteiger partial charge >= 0.3 is 0 Å². The van der Waals surface area contributed by atoms with E-state index in [1.807, 2.05) is 24.3 Å². The minimum atomic E-state index is -0.144. The van der Waals surface area contributed by atoms with E-state index in [0.29, 0.717) is 11.8 Å². The fourth-order valence-corrected chi connectivity index (χ4v) is 2.97. The summed E-state index contributed by atoms with van der Waals surface area (Å²) in [6.07, 6.45) is 4.39. The molecule has 0 spiro atoms. The van der Waals surface area contributed by atoms with E-state index in [2.05, 4.69) is 31.3 Å². The van der Waals surface area contributed by atoms with Crippen molar-refractivity contribution in [1.82, 2.24) is 0 Å². The Labute approximate surface area is 121 Å². The third-order valence-electron chi connectivity index (χ3n) is 3.85. The van der Waals surface area contributed by atoms with Crippen molar-refractivity contribution in [2.75, 3.05) is 12.4 Å². The van der Waals surface area contributed by atoms with E-state index in [-0.39, 0.29) is 6.04 Å². The van der Waals surface area contributed by atoms with Gasteiger partial charge in [0, 0.05) is 5.69 Å². The number of methoxy groups -OCH3 is 1. The molecule has 0 saturated heterocycles. The first-order chi connectivity index (χ1) is 9.62. The molecule has 1 aliphatic rings. The molecule has 3 heteroatoms. The summed E-state index contributed by atoms with van der Waals surface area (Å²) >= 11 is 0. The molecular weight excluding hydrogens is 248 g/mol. The second kappa shape index (κ2) is 6.47. The molecule has 0 fully saturated rings. The van der Waals surface area contributed by atoms with Crippen LogP contribution < -0.4 is 10.1 Å². The Bertz CT molecular complexity index is 513. The quantitative estimate of drug-likeness (QED) is 0.841. The van der Waals surface area contributed by atoms with Gasteiger partial charge in [-0.25, -0.2) is 0 Å². The van der Waals surface area contributed by atoms with Crippen LogP contribution in [0.5, 0.6) is 5.75 Å². The molecule has 0 heterocycles. The molecule has 1 aromatic carbocycles. The Morgan fingerprint density at radius 1 is 1.35 bits per heavy atom. The van der Waals surface area contributed by atoms with Gasteiger partial charge in [0.15, 0.2) is 0 Å². The van der Waals surface area contributed by atoms with Gasteiger partial charge in [-0.15, -0.1) is 0 Å². The number of allylic oxidation sites excluding steroid dienone is 2. The van der Waals surface area contributed by atoms with Crippen molar-refractivity contribution in [3.05, 3.63) is 35.9 Å². The van der Waals surface area contributed by atoms with Gasteiger partial charge in [0.05, 0.1) is 13.2 Å². The number of anilines is 1. The first-order valence-corrected chi connectivity index (χ1v) is 7.10. The van der Waals surface area contributed by atoms with E-state index in [9.17, 15) is 5.26 Å². The van der Waals surface area contributed by atoms with Crippen molar-refractivity contribution in [3.63, 3.8) is 0 Å². The summed E-state index contributed by atoms with van der Waals surface area (Å²) in [5.41, 5.74) is 2.36. The Morgan fingerprint density at radius 2 is 2.05 bits per heavy atom. The van der Waals surface area contributed by atoms with E-state index >= 15 is 0 Å². The van der Waals surface area contributed by atoms with E-state index in [4.69, 9.17) is 4.74 Å². The lowest BCUT2D eigenvalue weighted by Gasteiger charge is -2.29. The zero-order valence-electron chi connectivity index (χ0n) is 12.4. The highest BCUT2D eigenvalue weighted by Gasteiger charge is 2.26. The van der Waals surface area contributed by atoms with Crippen LogP contribution in [0.3, 0.4) is 0 Å². The van der Waals surface area contributed by atoms with Gasteiger partial charge < -0.3 is 10.1 Å². The van der Waals surface area contributed by atoms with Crippen molar-refractivity contribution in [1.29, 1.82) is 5.26 Å². The predicted octanol–water partition coefficient (Wildman–Crippen LogP) is 3.99. The summed E-state index contributed by atoms with van der Waals surface area (Å²) in [6.45, 7) is 4.38. The first kappa shape index (κ1) is 14.5. The number of benzene rings is 1. The van der Waals surface area contributed by atoms with Crippen LogP contribution in [0.1, 0.15) is 26.7 Å². The maximum Gasteiger partial charge on any atom is 0.119 e. The van der Waals surface area contributed by atoms with Gasteiger partial charge in [-0.3, -0.25) is 0 Å². The van der Waals surface area contributed by atoms with E-state index in [0.717, 1.165) is 24.3 Å². The molecule has 1 aromatic rings. The number of nitrogens with zero attached hydrogens (tertiary/aromatic N) is 1. The van der Waals surface area contributed by atoms with E-state index in [1.54, 1.807) is 7.11 Å². The molecule has 0 radical (unpaired) electrons. The van der Waals surface area contributed by atoms with Gasteiger partial charge in [-0.1, -0.05) is 18.6 Å². The molecule has 0 aliphatic heterocycles. The summed E-state index contributed by atoms with van der Waals surface area (Å²) in [6, 6.07) is 10.0. The Balaban J connectivity index is 2.05. The van der Waals surface area contributed by atoms with Crippen LogP contribution in [0.4, 0.5) is 5.69 Å². The summed E-state index contributed by atoms with van der Waals surface area (Å²) in [5.74, 6) is 1.76. The van der Waals surface area contributed by atoms with Crippen molar-refractivity contribution in [2.24, 2.45) is 11.8 Å². The molecule has 3 nitrogen and oxygen atoms in total. The maximum atomic E-state index is 9.46. The summed E-state index contributed by atoms with van der Waals surface area (Å²) < 4.78 is 5.14. The molecule has 3 unspecified atom stereocenters. The molecule has 106 valence electrons. The number of hydrogen-bond acceptors (Lipinski definition) is 3. The minimum absolute atomic E-state index is 0.144. The van der Waals surface area contributed by atoms with Crippen LogP contribution in [-0.4, -0.2) is 13.2 Å². The molecule has 1 N–H and O–H groups in total. The predicted molar refractivity (Wildman–Crippen MR) is 81.7 cm³/mol. The van der Waals surface area contributed by atoms with Crippen molar-refractivity contribution >= 4 is 5.69 Å². The largest absolute Gasteiger partial charge is 0.497 e.